The quantitative estimate of drug-likeness (QED) is 0.604. The Morgan fingerprint density at radius 3 is 2.40 bits per heavy atom. The van der Waals surface area contributed by atoms with Crippen LogP contribution in [0.1, 0.15) is 12.8 Å². The van der Waals surface area contributed by atoms with Crippen LogP contribution in [-0.4, -0.2) is 18.1 Å². The molecule has 1 aliphatic carbocycles. The molecule has 2 N–H and O–H groups in total. The van der Waals surface area contributed by atoms with Crippen molar-refractivity contribution < 1.29 is 18.3 Å². The predicted molar refractivity (Wildman–Crippen MR) is 28.6 cm³/mol. The number of halogens is 2. The lowest BCUT2D eigenvalue weighted by molar-refractivity contribution is -0.143. The SMILES string of the molecule is NC(=O)OC1CC(F)(F)C1. The van der Waals surface area contributed by atoms with E-state index in [1.54, 1.807) is 0 Å². The van der Waals surface area contributed by atoms with Crippen LogP contribution in [0.25, 0.3) is 0 Å². The first-order chi connectivity index (χ1) is 4.49. The van der Waals surface area contributed by atoms with E-state index in [1.807, 2.05) is 0 Å². The number of carbonyl (C=O) groups is 1. The van der Waals surface area contributed by atoms with Crippen LogP contribution in [0, 0.1) is 0 Å². The molecule has 0 saturated heterocycles. The molecule has 0 unspecified atom stereocenters. The van der Waals surface area contributed by atoms with E-state index < -0.39 is 31.0 Å². The van der Waals surface area contributed by atoms with E-state index in [4.69, 9.17) is 0 Å². The van der Waals surface area contributed by atoms with E-state index >= 15 is 0 Å². The van der Waals surface area contributed by atoms with E-state index in [0.29, 0.717) is 0 Å². The predicted octanol–water partition coefficient (Wildman–Crippen LogP) is 0.879. The number of primary amides is 1. The smallest absolute Gasteiger partial charge is 0.404 e. The van der Waals surface area contributed by atoms with E-state index in [2.05, 4.69) is 10.5 Å². The molecule has 3 nitrogen and oxygen atoms in total. The van der Waals surface area contributed by atoms with Gasteiger partial charge in [0, 0.05) is 12.8 Å². The Morgan fingerprint density at radius 1 is 1.60 bits per heavy atom. The molecular weight excluding hydrogens is 144 g/mol. The Hall–Kier alpha value is -0.870. The van der Waals surface area contributed by atoms with Gasteiger partial charge in [0.2, 0.25) is 0 Å². The van der Waals surface area contributed by atoms with E-state index in [-0.39, 0.29) is 0 Å². The van der Waals surface area contributed by atoms with Crippen molar-refractivity contribution >= 4 is 6.09 Å². The summed E-state index contributed by atoms with van der Waals surface area (Å²) in [5, 5.41) is 0. The van der Waals surface area contributed by atoms with Gasteiger partial charge in [-0.15, -0.1) is 0 Å². The molecule has 10 heavy (non-hydrogen) atoms. The number of rotatable bonds is 1. The molecular formula is C5H7F2NO2. The Bertz CT molecular complexity index is 152. The molecule has 1 saturated carbocycles. The summed E-state index contributed by atoms with van der Waals surface area (Å²) in [7, 11) is 0. The third kappa shape index (κ3) is 1.55. The highest BCUT2D eigenvalue weighted by atomic mass is 19.3. The number of hydrogen-bond donors (Lipinski definition) is 1. The molecule has 0 aromatic carbocycles. The second-order valence-electron chi connectivity index (χ2n) is 2.32. The van der Waals surface area contributed by atoms with Gasteiger partial charge < -0.3 is 10.5 Å². The highest BCUT2D eigenvalue weighted by Gasteiger charge is 2.47. The van der Waals surface area contributed by atoms with Crippen molar-refractivity contribution in [2.75, 3.05) is 0 Å². The topological polar surface area (TPSA) is 52.3 Å². The number of carbonyl (C=O) groups excluding carboxylic acids is 1. The molecule has 0 aromatic rings. The second kappa shape index (κ2) is 2.07. The average molecular weight is 151 g/mol. The average Bonchev–Trinajstić information content (AvgIpc) is 1.57. The zero-order valence-electron chi connectivity index (χ0n) is 5.14. The van der Waals surface area contributed by atoms with Crippen LogP contribution in [0.5, 0.6) is 0 Å². The summed E-state index contributed by atoms with van der Waals surface area (Å²) in [6.45, 7) is 0. The molecule has 0 bridgehead atoms. The minimum Gasteiger partial charge on any atom is -0.446 e. The first-order valence-electron chi connectivity index (χ1n) is 2.83. The maximum Gasteiger partial charge on any atom is 0.404 e. The van der Waals surface area contributed by atoms with Crippen LogP contribution in [-0.2, 0) is 4.74 Å². The van der Waals surface area contributed by atoms with Crippen LogP contribution in [0.3, 0.4) is 0 Å². The van der Waals surface area contributed by atoms with Gasteiger partial charge in [0.1, 0.15) is 6.10 Å². The molecule has 1 rings (SSSR count). The van der Waals surface area contributed by atoms with Gasteiger partial charge >= 0.3 is 6.09 Å². The highest BCUT2D eigenvalue weighted by Crippen LogP contribution is 2.39. The fraction of sp³-hybridized carbons (Fsp3) is 0.800. The lowest BCUT2D eigenvalue weighted by Gasteiger charge is -2.33. The Balaban J connectivity index is 2.21. The number of alkyl halides is 2. The summed E-state index contributed by atoms with van der Waals surface area (Å²) in [6.07, 6.45) is -2.45. The van der Waals surface area contributed by atoms with Crippen LogP contribution in [0.4, 0.5) is 13.6 Å². The van der Waals surface area contributed by atoms with Gasteiger partial charge in [0.25, 0.3) is 5.92 Å². The van der Waals surface area contributed by atoms with Gasteiger partial charge in [0.15, 0.2) is 0 Å². The van der Waals surface area contributed by atoms with Gasteiger partial charge in [-0.1, -0.05) is 0 Å². The number of amides is 1. The molecule has 1 aliphatic rings. The maximum atomic E-state index is 12.0. The standard InChI is InChI=1S/C5H7F2NO2/c6-5(7)1-3(2-5)10-4(8)9/h3H,1-2H2,(H2,8,9). The van der Waals surface area contributed by atoms with Gasteiger partial charge in [-0.05, 0) is 0 Å². The summed E-state index contributed by atoms with van der Waals surface area (Å²) in [6, 6.07) is 0. The minimum absolute atomic E-state index is 0.393. The van der Waals surface area contributed by atoms with Crippen molar-refractivity contribution in [1.29, 1.82) is 0 Å². The zero-order chi connectivity index (χ0) is 7.78. The van der Waals surface area contributed by atoms with Crippen molar-refractivity contribution in [3.8, 4) is 0 Å². The number of hydrogen-bond acceptors (Lipinski definition) is 2. The van der Waals surface area contributed by atoms with Crippen LogP contribution in [0.2, 0.25) is 0 Å². The number of nitrogens with two attached hydrogens (primary N) is 1. The number of ether oxygens (including phenoxy) is 1. The van der Waals surface area contributed by atoms with E-state index in [9.17, 15) is 13.6 Å². The Kier molecular flexibility index (Phi) is 1.50. The minimum atomic E-state index is -2.65. The third-order valence-electron chi connectivity index (χ3n) is 1.34. The molecule has 5 heteroatoms. The third-order valence-corrected chi connectivity index (χ3v) is 1.34. The van der Waals surface area contributed by atoms with Gasteiger partial charge in [0.05, 0.1) is 0 Å². The molecule has 1 fully saturated rings. The lowest BCUT2D eigenvalue weighted by atomic mass is 9.91. The summed E-state index contributed by atoms with van der Waals surface area (Å²) in [5.41, 5.74) is 4.59. The van der Waals surface area contributed by atoms with Gasteiger partial charge in [-0.2, -0.15) is 0 Å². The zero-order valence-corrected chi connectivity index (χ0v) is 5.14. The van der Waals surface area contributed by atoms with E-state index in [0.717, 1.165) is 0 Å². The maximum absolute atomic E-state index is 12.0. The molecule has 0 radical (unpaired) electrons. The van der Waals surface area contributed by atoms with Crippen LogP contribution in [0.15, 0.2) is 0 Å². The molecule has 1 amide bonds. The van der Waals surface area contributed by atoms with Crippen molar-refractivity contribution in [3.63, 3.8) is 0 Å². The Labute approximate surface area is 56.1 Å². The van der Waals surface area contributed by atoms with Crippen molar-refractivity contribution in [1.82, 2.24) is 0 Å². The first-order valence-corrected chi connectivity index (χ1v) is 2.83. The van der Waals surface area contributed by atoms with Crippen LogP contribution < -0.4 is 5.73 Å². The monoisotopic (exact) mass is 151 g/mol. The molecule has 0 spiro atoms. The highest BCUT2D eigenvalue weighted by molar-refractivity contribution is 5.64. The van der Waals surface area contributed by atoms with Crippen molar-refractivity contribution in [2.45, 2.75) is 24.9 Å². The molecule has 0 atom stereocenters. The Morgan fingerprint density at radius 2 is 2.10 bits per heavy atom. The normalized spacial score (nSPS) is 23.4. The molecule has 58 valence electrons. The van der Waals surface area contributed by atoms with Gasteiger partial charge in [-0.3, -0.25) is 0 Å². The fourth-order valence-electron chi connectivity index (χ4n) is 0.854. The van der Waals surface area contributed by atoms with Crippen LogP contribution >= 0.6 is 0 Å². The molecule has 0 aliphatic heterocycles. The van der Waals surface area contributed by atoms with Crippen molar-refractivity contribution in [2.24, 2.45) is 5.73 Å². The summed E-state index contributed by atoms with van der Waals surface area (Å²) in [4.78, 5) is 9.97. The fourth-order valence-corrected chi connectivity index (χ4v) is 0.854. The molecule has 0 heterocycles. The summed E-state index contributed by atoms with van der Waals surface area (Å²) in [5.74, 6) is -2.65. The molecule has 0 aromatic heterocycles. The summed E-state index contributed by atoms with van der Waals surface area (Å²) >= 11 is 0. The largest absolute Gasteiger partial charge is 0.446 e. The van der Waals surface area contributed by atoms with Crippen molar-refractivity contribution in [3.05, 3.63) is 0 Å². The summed E-state index contributed by atoms with van der Waals surface area (Å²) < 4.78 is 28.3. The second-order valence-corrected chi connectivity index (χ2v) is 2.32. The van der Waals surface area contributed by atoms with Gasteiger partial charge in [-0.25, -0.2) is 13.6 Å². The van der Waals surface area contributed by atoms with E-state index in [1.165, 1.54) is 0 Å². The lowest BCUT2D eigenvalue weighted by Crippen LogP contribution is -2.43. The first kappa shape index (κ1) is 7.24.